The fraction of sp³-hybridized carbons (Fsp3) is 0.214. The van der Waals surface area contributed by atoms with Crippen LogP contribution in [0.1, 0.15) is 17.1 Å². The Morgan fingerprint density at radius 3 is 2.31 bits per heavy atom. The van der Waals surface area contributed by atoms with E-state index < -0.39 is 27.3 Å². The van der Waals surface area contributed by atoms with Gasteiger partial charge in [0.2, 0.25) is 0 Å². The first-order valence-electron chi connectivity index (χ1n) is 7.19. The predicted molar refractivity (Wildman–Crippen MR) is 85.7 cm³/mol. The van der Waals surface area contributed by atoms with Crippen LogP contribution in [0, 0.1) is 6.92 Å². The van der Waals surface area contributed by atoms with Crippen LogP contribution in [-0.4, -0.2) is 24.9 Å². The number of hydrogen-bond acceptors (Lipinski definition) is 4. The highest BCUT2D eigenvalue weighted by atomic mass is 32.5. The van der Waals surface area contributed by atoms with E-state index in [-0.39, 0.29) is 34.7 Å². The van der Waals surface area contributed by atoms with Crippen molar-refractivity contribution in [2.75, 3.05) is 0 Å². The molecule has 0 aliphatic rings. The zero-order valence-electron chi connectivity index (χ0n) is 13.2. The van der Waals surface area contributed by atoms with Crippen molar-refractivity contribution in [3.63, 3.8) is 0 Å². The van der Waals surface area contributed by atoms with Crippen molar-refractivity contribution in [1.82, 2.24) is 19.7 Å². The minimum absolute atomic E-state index is 0.0531. The quantitative estimate of drug-likeness (QED) is 0.660. The molecule has 0 aliphatic carbocycles. The normalized spacial score (nSPS) is 15.0. The lowest BCUT2D eigenvalue weighted by atomic mass is 10.2. The fourth-order valence-electron chi connectivity index (χ4n) is 2.51. The molecule has 12 heteroatoms. The number of nitrogens with one attached hydrogen (secondary N) is 1. The molecule has 2 aromatic heterocycles. The van der Waals surface area contributed by atoms with Crippen molar-refractivity contribution in [2.45, 2.75) is 25.0 Å². The van der Waals surface area contributed by atoms with E-state index in [1.54, 1.807) is 0 Å². The molecule has 1 aromatic carbocycles. The summed E-state index contributed by atoms with van der Waals surface area (Å²) in [6.45, 7) is 0.869. The Bertz CT molecular complexity index is 1060. The van der Waals surface area contributed by atoms with Crippen LogP contribution >= 0.6 is 10.2 Å². The van der Waals surface area contributed by atoms with Gasteiger partial charge in [0.15, 0.2) is 5.65 Å². The van der Waals surface area contributed by atoms with Gasteiger partial charge in [-0.25, -0.2) is 9.67 Å². The number of rotatable bonds is 4. The second-order valence-corrected chi connectivity index (χ2v) is 8.13. The molecule has 0 radical (unpaired) electrons. The Morgan fingerprint density at radius 1 is 1.15 bits per heavy atom. The van der Waals surface area contributed by atoms with Crippen molar-refractivity contribution >= 4 is 21.3 Å². The van der Waals surface area contributed by atoms with Crippen LogP contribution in [-0.2, 0) is 13.2 Å². The Labute approximate surface area is 143 Å². The maximum Gasteiger partial charge on any atom is 0.310 e. The summed E-state index contributed by atoms with van der Waals surface area (Å²) in [6.07, 6.45) is 0. The van der Waals surface area contributed by atoms with E-state index in [1.165, 1.54) is 11.6 Å². The zero-order chi connectivity index (χ0) is 19.4. The summed E-state index contributed by atoms with van der Waals surface area (Å²) >= 11 is 0. The molecular weight excluding hydrogens is 383 g/mol. The molecule has 0 bridgehead atoms. The number of nitrogens with zero attached hydrogens (tertiary/aromatic N) is 3. The molecule has 26 heavy (non-hydrogen) atoms. The summed E-state index contributed by atoms with van der Waals surface area (Å²) < 4.78 is 65.0. The van der Waals surface area contributed by atoms with Crippen molar-refractivity contribution in [2.24, 2.45) is 0 Å². The summed E-state index contributed by atoms with van der Waals surface area (Å²) in [4.78, 5) is 16.6. The number of fused-ring (bicyclic) bond motifs is 1. The van der Waals surface area contributed by atoms with Gasteiger partial charge in [-0.15, -0.1) is 0 Å². The average molecular weight is 396 g/mol. The molecule has 0 unspecified atom stereocenters. The van der Waals surface area contributed by atoms with Crippen molar-refractivity contribution < 1.29 is 24.5 Å². The van der Waals surface area contributed by atoms with Crippen molar-refractivity contribution in [3.8, 4) is 0 Å². The summed E-state index contributed by atoms with van der Waals surface area (Å²) in [5.74, 6) is 0.282. The van der Waals surface area contributed by atoms with Gasteiger partial charge < -0.3 is 10.1 Å². The van der Waals surface area contributed by atoms with E-state index in [0.717, 1.165) is 12.1 Å². The largest absolute Gasteiger partial charge is 0.390 e. The van der Waals surface area contributed by atoms with Gasteiger partial charge in [0.25, 0.3) is 5.56 Å². The monoisotopic (exact) mass is 396 g/mol. The predicted octanol–water partition coefficient (Wildman–Crippen LogP) is 3.63. The van der Waals surface area contributed by atoms with Gasteiger partial charge in [-0.2, -0.15) is 5.10 Å². The van der Waals surface area contributed by atoms with E-state index in [4.69, 9.17) is 0 Å². The summed E-state index contributed by atoms with van der Waals surface area (Å²) in [5, 5.41) is 13.4. The number of H-pyrrole nitrogens is 1. The SMILES string of the molecule is Cc1nc2c(c(CO)nn2Cc2ccc(S(F)(F)(F)(F)F)cc2)c(=O)[nH]1. The molecule has 2 N–H and O–H groups in total. The molecule has 3 rings (SSSR count). The lowest BCUT2D eigenvalue weighted by Gasteiger charge is -2.40. The van der Waals surface area contributed by atoms with Gasteiger partial charge in [0.05, 0.1) is 13.2 Å². The van der Waals surface area contributed by atoms with Crippen LogP contribution in [0.25, 0.3) is 11.0 Å². The number of benzene rings is 1. The number of hydrogen-bond donors (Lipinski definition) is 2. The molecule has 0 fully saturated rings. The molecule has 3 aromatic rings. The van der Waals surface area contributed by atoms with Crippen LogP contribution in [0.4, 0.5) is 19.4 Å². The molecular formula is C14H13F5N4O2S. The Hall–Kier alpha value is -2.47. The van der Waals surface area contributed by atoms with E-state index in [2.05, 4.69) is 15.1 Å². The third-order valence-corrected chi connectivity index (χ3v) is 4.81. The number of aliphatic hydroxyl groups is 1. The van der Waals surface area contributed by atoms with Crippen molar-refractivity contribution in [3.05, 3.63) is 51.7 Å². The van der Waals surface area contributed by atoms with Crippen LogP contribution in [0.2, 0.25) is 0 Å². The molecule has 142 valence electrons. The smallest absolute Gasteiger partial charge is 0.310 e. The summed E-state index contributed by atoms with van der Waals surface area (Å²) in [6, 6.07) is 2.42. The molecule has 6 nitrogen and oxygen atoms in total. The van der Waals surface area contributed by atoms with Crippen LogP contribution < -0.4 is 5.56 Å². The minimum Gasteiger partial charge on any atom is -0.390 e. The lowest BCUT2D eigenvalue weighted by Crippen LogP contribution is -2.11. The third kappa shape index (κ3) is 3.42. The molecule has 0 saturated heterocycles. The van der Waals surface area contributed by atoms with Gasteiger partial charge in [-0.05, 0) is 24.6 Å². The zero-order valence-corrected chi connectivity index (χ0v) is 14.0. The van der Waals surface area contributed by atoms with Crippen LogP contribution in [0.5, 0.6) is 0 Å². The maximum absolute atomic E-state index is 12.8. The Kier molecular flexibility index (Phi) is 3.55. The van der Waals surface area contributed by atoms with E-state index in [1.807, 2.05) is 0 Å². The van der Waals surface area contributed by atoms with Gasteiger partial charge in [0, 0.05) is 0 Å². The first kappa shape index (κ1) is 18.3. The van der Waals surface area contributed by atoms with E-state index in [9.17, 15) is 29.3 Å². The number of halogens is 5. The second kappa shape index (κ2) is 5.04. The van der Waals surface area contributed by atoms with Crippen molar-refractivity contribution in [1.29, 1.82) is 0 Å². The van der Waals surface area contributed by atoms with Gasteiger partial charge in [0.1, 0.15) is 21.8 Å². The summed E-state index contributed by atoms with van der Waals surface area (Å²) in [5.41, 5.74) is -0.0900. The van der Waals surface area contributed by atoms with Gasteiger partial charge in [-0.3, -0.25) is 4.79 Å². The van der Waals surface area contributed by atoms with Crippen LogP contribution in [0.3, 0.4) is 0 Å². The molecule has 0 atom stereocenters. The highest BCUT2D eigenvalue weighted by Gasteiger charge is 2.65. The second-order valence-electron chi connectivity index (χ2n) is 5.73. The first-order valence-corrected chi connectivity index (χ1v) is 9.14. The first-order chi connectivity index (χ1) is 11.8. The fourth-order valence-corrected chi connectivity index (χ4v) is 3.16. The lowest BCUT2D eigenvalue weighted by molar-refractivity contribution is 0.276. The molecule has 2 heterocycles. The molecule has 0 amide bonds. The molecule has 0 aliphatic heterocycles. The Balaban J connectivity index is 2.04. The minimum atomic E-state index is -9.73. The van der Waals surface area contributed by atoms with E-state index in [0.29, 0.717) is 12.1 Å². The number of aryl methyl sites for hydroxylation is 1. The summed E-state index contributed by atoms with van der Waals surface area (Å²) in [7, 11) is -9.73. The number of aromatic nitrogens is 4. The third-order valence-electron chi connectivity index (χ3n) is 3.64. The highest BCUT2D eigenvalue weighted by molar-refractivity contribution is 8.45. The van der Waals surface area contributed by atoms with E-state index >= 15 is 0 Å². The van der Waals surface area contributed by atoms with Gasteiger partial charge >= 0.3 is 10.2 Å². The standard InChI is InChI=1S/C14H13F5N4O2S/c1-8-20-13-12(14(25)21-8)11(7-24)22-23(13)6-9-2-4-10(5-3-9)26(15,16,17,18)19/h2-5,24H,6-7H2,1H3,(H,20,21,25). The topological polar surface area (TPSA) is 83.8 Å². The molecule has 0 saturated carbocycles. The Morgan fingerprint density at radius 2 is 1.77 bits per heavy atom. The van der Waals surface area contributed by atoms with Gasteiger partial charge in [-0.1, -0.05) is 31.6 Å². The number of aromatic amines is 1. The van der Waals surface area contributed by atoms with Crippen LogP contribution in [0.15, 0.2) is 34.0 Å². The number of aliphatic hydroxyl groups excluding tert-OH is 1. The maximum atomic E-state index is 12.8. The molecule has 0 spiro atoms. The average Bonchev–Trinajstić information content (AvgIpc) is 2.83. The highest BCUT2D eigenvalue weighted by Crippen LogP contribution is 3.02.